The monoisotopic (exact) mass is 220 g/mol. The highest BCUT2D eigenvalue weighted by Crippen LogP contribution is 2.22. The van der Waals surface area contributed by atoms with Crippen LogP contribution in [-0.2, 0) is 0 Å². The third-order valence-corrected chi connectivity index (χ3v) is 2.23. The number of aromatic nitrogens is 2. The van der Waals surface area contributed by atoms with Crippen molar-refractivity contribution in [2.75, 3.05) is 0 Å². The highest BCUT2D eigenvalue weighted by atomic mass is 35.5. The van der Waals surface area contributed by atoms with Crippen molar-refractivity contribution in [1.29, 1.82) is 0 Å². The highest BCUT2D eigenvalue weighted by Gasteiger charge is 2.11. The van der Waals surface area contributed by atoms with Gasteiger partial charge in [0.1, 0.15) is 0 Å². The first-order chi connectivity index (χ1) is 7.18. The van der Waals surface area contributed by atoms with Crippen molar-refractivity contribution >= 4 is 17.5 Å². The molecule has 76 valence electrons. The fraction of sp³-hybridized carbons (Fsp3) is 0.0909. The normalized spacial score (nSPS) is 10.3. The Morgan fingerprint density at radius 1 is 1.33 bits per heavy atom. The Hall–Kier alpha value is -1.61. The van der Waals surface area contributed by atoms with Crippen molar-refractivity contribution in [2.45, 2.75) is 6.92 Å². The minimum atomic E-state index is -0.152. The summed E-state index contributed by atoms with van der Waals surface area (Å²) in [7, 11) is 0. The fourth-order valence-electron chi connectivity index (χ4n) is 1.41. The zero-order chi connectivity index (χ0) is 10.8. The molecule has 0 fully saturated rings. The van der Waals surface area contributed by atoms with Gasteiger partial charge in [-0.3, -0.25) is 4.79 Å². The van der Waals surface area contributed by atoms with Crippen LogP contribution in [0.15, 0.2) is 36.4 Å². The van der Waals surface area contributed by atoms with Gasteiger partial charge < -0.3 is 0 Å². The maximum atomic E-state index is 11.3. The van der Waals surface area contributed by atoms with Crippen LogP contribution < -0.4 is 0 Å². The zero-order valence-corrected chi connectivity index (χ0v) is 8.90. The van der Waals surface area contributed by atoms with Gasteiger partial charge in [-0.15, -0.1) is 0 Å². The van der Waals surface area contributed by atoms with E-state index >= 15 is 0 Å². The standard InChI is InChI=1S/C11H9ClN2O/c1-8(15)14-10(7-11(12)13-14)9-5-3-2-4-6-9/h2-7H,1H3. The summed E-state index contributed by atoms with van der Waals surface area (Å²) >= 11 is 5.78. The van der Waals surface area contributed by atoms with Crippen molar-refractivity contribution in [3.63, 3.8) is 0 Å². The van der Waals surface area contributed by atoms with E-state index in [2.05, 4.69) is 5.10 Å². The zero-order valence-electron chi connectivity index (χ0n) is 8.14. The molecule has 0 aliphatic carbocycles. The second-order valence-corrected chi connectivity index (χ2v) is 3.54. The van der Waals surface area contributed by atoms with Gasteiger partial charge in [0.05, 0.1) is 5.69 Å². The highest BCUT2D eigenvalue weighted by molar-refractivity contribution is 6.29. The van der Waals surface area contributed by atoms with Gasteiger partial charge in [0.25, 0.3) is 0 Å². The van der Waals surface area contributed by atoms with E-state index in [4.69, 9.17) is 11.6 Å². The molecular weight excluding hydrogens is 212 g/mol. The van der Waals surface area contributed by atoms with E-state index in [9.17, 15) is 4.79 Å². The van der Waals surface area contributed by atoms with Crippen LogP contribution in [0.5, 0.6) is 0 Å². The average Bonchev–Trinajstić information content (AvgIpc) is 2.62. The molecule has 0 aliphatic rings. The quantitative estimate of drug-likeness (QED) is 0.741. The van der Waals surface area contributed by atoms with E-state index in [0.717, 1.165) is 5.56 Å². The largest absolute Gasteiger partial charge is 0.273 e. The van der Waals surface area contributed by atoms with Gasteiger partial charge >= 0.3 is 0 Å². The molecule has 0 amide bonds. The molecular formula is C11H9ClN2O. The molecule has 0 radical (unpaired) electrons. The van der Waals surface area contributed by atoms with Crippen LogP contribution in [0.4, 0.5) is 0 Å². The minimum absolute atomic E-state index is 0.152. The summed E-state index contributed by atoms with van der Waals surface area (Å²) in [6.45, 7) is 1.45. The summed E-state index contributed by atoms with van der Waals surface area (Å²) in [5.74, 6) is -0.152. The molecule has 0 unspecified atom stereocenters. The molecule has 0 atom stereocenters. The molecule has 0 aliphatic heterocycles. The summed E-state index contributed by atoms with van der Waals surface area (Å²) in [4.78, 5) is 11.3. The lowest BCUT2D eigenvalue weighted by Gasteiger charge is -2.02. The summed E-state index contributed by atoms with van der Waals surface area (Å²) in [5.41, 5.74) is 1.64. The fourth-order valence-corrected chi connectivity index (χ4v) is 1.59. The van der Waals surface area contributed by atoms with Crippen LogP contribution in [0.3, 0.4) is 0 Å². The maximum absolute atomic E-state index is 11.3. The molecule has 0 spiro atoms. The lowest BCUT2D eigenvalue weighted by molar-refractivity contribution is 0.0923. The first-order valence-electron chi connectivity index (χ1n) is 4.50. The molecule has 3 nitrogen and oxygen atoms in total. The molecule has 4 heteroatoms. The van der Waals surface area contributed by atoms with Crippen molar-refractivity contribution < 1.29 is 4.79 Å². The van der Waals surface area contributed by atoms with Gasteiger partial charge in [-0.2, -0.15) is 9.78 Å². The third-order valence-electron chi connectivity index (χ3n) is 2.05. The van der Waals surface area contributed by atoms with E-state index < -0.39 is 0 Å². The Bertz CT molecular complexity index is 491. The Morgan fingerprint density at radius 3 is 2.60 bits per heavy atom. The molecule has 15 heavy (non-hydrogen) atoms. The third kappa shape index (κ3) is 1.92. The Labute approximate surface area is 92.3 Å². The molecule has 2 aromatic rings. The van der Waals surface area contributed by atoms with Gasteiger partial charge in [-0.05, 0) is 0 Å². The molecule has 1 heterocycles. The van der Waals surface area contributed by atoms with E-state index in [0.29, 0.717) is 10.8 Å². The number of halogens is 1. The second-order valence-electron chi connectivity index (χ2n) is 3.15. The van der Waals surface area contributed by atoms with E-state index in [-0.39, 0.29) is 5.91 Å². The first-order valence-corrected chi connectivity index (χ1v) is 4.88. The SMILES string of the molecule is CC(=O)n1nc(Cl)cc1-c1ccccc1. The van der Waals surface area contributed by atoms with Gasteiger partial charge in [0.2, 0.25) is 5.91 Å². The van der Waals surface area contributed by atoms with Crippen LogP contribution in [0.1, 0.15) is 11.7 Å². The molecule has 0 saturated heterocycles. The average molecular weight is 221 g/mol. The summed E-state index contributed by atoms with van der Waals surface area (Å²) in [6, 6.07) is 11.2. The molecule has 2 rings (SSSR count). The number of carbonyl (C=O) groups excluding carboxylic acids is 1. The Morgan fingerprint density at radius 2 is 2.00 bits per heavy atom. The Kier molecular flexibility index (Phi) is 2.56. The van der Waals surface area contributed by atoms with E-state index in [1.807, 2.05) is 30.3 Å². The van der Waals surface area contributed by atoms with E-state index in [1.165, 1.54) is 11.6 Å². The van der Waals surface area contributed by atoms with Crippen LogP contribution in [-0.4, -0.2) is 15.7 Å². The number of benzene rings is 1. The van der Waals surface area contributed by atoms with Crippen molar-refractivity contribution in [3.05, 3.63) is 41.6 Å². The predicted octanol–water partition coefficient (Wildman–Crippen LogP) is 2.86. The van der Waals surface area contributed by atoms with Crippen LogP contribution in [0, 0.1) is 0 Å². The minimum Gasteiger partial charge on any atom is -0.273 e. The number of nitrogens with zero attached hydrogens (tertiary/aromatic N) is 2. The Balaban J connectivity index is 2.58. The van der Waals surface area contributed by atoms with Crippen LogP contribution in [0.25, 0.3) is 11.3 Å². The molecule has 0 N–H and O–H groups in total. The summed E-state index contributed by atoms with van der Waals surface area (Å²) in [6.07, 6.45) is 0. The van der Waals surface area contributed by atoms with Crippen molar-refractivity contribution in [2.24, 2.45) is 0 Å². The smallest absolute Gasteiger partial charge is 0.244 e. The summed E-state index contributed by atoms with van der Waals surface area (Å²) in [5, 5.41) is 4.24. The number of hydrogen-bond acceptors (Lipinski definition) is 2. The first kappa shape index (κ1) is 9.93. The number of hydrogen-bond donors (Lipinski definition) is 0. The summed E-state index contributed by atoms with van der Waals surface area (Å²) < 4.78 is 1.30. The number of carbonyl (C=O) groups is 1. The maximum Gasteiger partial charge on any atom is 0.244 e. The molecule has 0 bridgehead atoms. The van der Waals surface area contributed by atoms with Gasteiger partial charge in [-0.25, -0.2) is 0 Å². The van der Waals surface area contributed by atoms with Crippen LogP contribution in [0.2, 0.25) is 5.15 Å². The molecule has 1 aromatic heterocycles. The van der Waals surface area contributed by atoms with Gasteiger partial charge in [0, 0.05) is 18.6 Å². The number of rotatable bonds is 1. The van der Waals surface area contributed by atoms with Gasteiger partial charge in [-0.1, -0.05) is 41.9 Å². The van der Waals surface area contributed by atoms with Crippen molar-refractivity contribution in [1.82, 2.24) is 9.78 Å². The molecule has 0 saturated carbocycles. The predicted molar refractivity (Wildman–Crippen MR) is 59.0 cm³/mol. The topological polar surface area (TPSA) is 34.9 Å². The van der Waals surface area contributed by atoms with E-state index in [1.54, 1.807) is 6.07 Å². The molecule has 1 aromatic carbocycles. The van der Waals surface area contributed by atoms with Crippen LogP contribution >= 0.6 is 11.6 Å². The second kappa shape index (κ2) is 3.87. The van der Waals surface area contributed by atoms with Crippen molar-refractivity contribution in [3.8, 4) is 11.3 Å². The van der Waals surface area contributed by atoms with Gasteiger partial charge in [0.15, 0.2) is 5.15 Å². The lowest BCUT2D eigenvalue weighted by atomic mass is 10.1. The lowest BCUT2D eigenvalue weighted by Crippen LogP contribution is -2.08.